The summed E-state index contributed by atoms with van der Waals surface area (Å²) in [5.41, 5.74) is 5.87. The van der Waals surface area contributed by atoms with E-state index in [0.717, 1.165) is 9.86 Å². The van der Waals surface area contributed by atoms with Gasteiger partial charge in [-0.05, 0) is 6.92 Å². The topological polar surface area (TPSA) is 144 Å². The third-order valence-corrected chi connectivity index (χ3v) is 7.89. The molecule has 0 bridgehead atoms. The van der Waals surface area contributed by atoms with Gasteiger partial charge in [0.15, 0.2) is 0 Å². The van der Waals surface area contributed by atoms with Crippen LogP contribution in [-0.4, -0.2) is 66.9 Å². The number of rotatable bonds is 7. The molecule has 1 saturated heterocycles. The summed E-state index contributed by atoms with van der Waals surface area (Å²) in [6.07, 6.45) is 1.93. The molecule has 0 unspecified atom stereocenters. The maximum atomic E-state index is 12.5. The third-order valence-electron chi connectivity index (χ3n) is 5.50. The summed E-state index contributed by atoms with van der Waals surface area (Å²) in [4.78, 5) is 31.5. The van der Waals surface area contributed by atoms with Crippen molar-refractivity contribution in [2.24, 2.45) is 17.6 Å². The molecule has 0 radical (unpaired) electrons. The Morgan fingerprint density at radius 3 is 2.77 bits per heavy atom. The summed E-state index contributed by atoms with van der Waals surface area (Å²) in [6, 6.07) is -0.390. The summed E-state index contributed by atoms with van der Waals surface area (Å²) < 4.78 is 1.80. The van der Waals surface area contributed by atoms with Gasteiger partial charge in [-0.2, -0.15) is 0 Å². The smallest absolute Gasteiger partial charge is 0.543 e. The molecular formula is C18H21N4NaO5S2. The molecule has 9 nitrogen and oxygen atoms in total. The first-order chi connectivity index (χ1) is 13.8. The van der Waals surface area contributed by atoms with Gasteiger partial charge >= 0.3 is 29.6 Å². The van der Waals surface area contributed by atoms with Crippen molar-refractivity contribution >= 4 is 45.4 Å². The minimum Gasteiger partial charge on any atom is -0.543 e. The first-order valence-electron chi connectivity index (χ1n) is 9.20. The third kappa shape index (κ3) is 3.65. The Bertz CT molecular complexity index is 1020. The summed E-state index contributed by atoms with van der Waals surface area (Å²) in [5, 5.41) is 32.3. The Balaban J connectivity index is 0.00000256. The number of hydrogen-bond donors (Lipinski definition) is 3. The minimum absolute atomic E-state index is 0. The van der Waals surface area contributed by atoms with E-state index in [9.17, 15) is 24.9 Å². The molecule has 30 heavy (non-hydrogen) atoms. The molecule has 12 heteroatoms. The van der Waals surface area contributed by atoms with Crippen molar-refractivity contribution in [1.82, 2.24) is 14.3 Å². The number of aliphatic hydroxyl groups excluding tert-OH is 2. The molecule has 2 aliphatic heterocycles. The number of fused-ring (bicyclic) bond motifs is 2. The van der Waals surface area contributed by atoms with Crippen LogP contribution in [0.2, 0.25) is 0 Å². The van der Waals surface area contributed by atoms with E-state index in [1.807, 2.05) is 6.92 Å². The number of carboxylic acids is 1. The Morgan fingerprint density at radius 2 is 2.17 bits per heavy atom. The summed E-state index contributed by atoms with van der Waals surface area (Å²) in [6.45, 7) is 3.57. The quantitative estimate of drug-likeness (QED) is 0.216. The van der Waals surface area contributed by atoms with Crippen molar-refractivity contribution in [2.75, 3.05) is 12.3 Å². The van der Waals surface area contributed by atoms with Gasteiger partial charge in [-0.3, -0.25) is 9.20 Å². The zero-order chi connectivity index (χ0) is 21.0. The molecule has 2 aliphatic rings. The summed E-state index contributed by atoms with van der Waals surface area (Å²) in [7, 11) is 0. The predicted octanol–water partition coefficient (Wildman–Crippen LogP) is -3.87. The van der Waals surface area contributed by atoms with Gasteiger partial charge < -0.3 is 30.7 Å². The second kappa shape index (κ2) is 8.91. The van der Waals surface area contributed by atoms with Gasteiger partial charge in [0.2, 0.25) is 5.91 Å². The van der Waals surface area contributed by atoms with Gasteiger partial charge in [-0.1, -0.05) is 6.92 Å². The number of thioether (sulfide) groups is 1. The molecular weight excluding hydrogens is 439 g/mol. The van der Waals surface area contributed by atoms with Crippen LogP contribution in [0.3, 0.4) is 0 Å². The number of β-lactam (4-membered cyclic amide) rings is 1. The second-order valence-corrected chi connectivity index (χ2v) is 9.40. The van der Waals surface area contributed by atoms with Crippen LogP contribution in [0.25, 0.3) is 10.4 Å². The van der Waals surface area contributed by atoms with Gasteiger partial charge in [0.1, 0.15) is 16.2 Å². The van der Waals surface area contributed by atoms with E-state index in [0.29, 0.717) is 16.2 Å². The van der Waals surface area contributed by atoms with Crippen molar-refractivity contribution in [3.8, 4) is 0 Å². The monoisotopic (exact) mass is 460 g/mol. The van der Waals surface area contributed by atoms with Crippen LogP contribution in [0.1, 0.15) is 18.7 Å². The molecule has 4 N–H and O–H groups in total. The number of carboxylic acid groups (broad SMARTS) is 1. The van der Waals surface area contributed by atoms with Crippen molar-refractivity contribution in [1.29, 1.82) is 0 Å². The predicted molar refractivity (Wildman–Crippen MR) is 106 cm³/mol. The Kier molecular flexibility index (Phi) is 7.05. The normalized spacial score (nSPS) is 25.2. The molecule has 1 amide bonds. The molecule has 2 aromatic rings. The largest absolute Gasteiger partial charge is 1.00 e. The number of carbonyl (C=O) groups is 2. The fourth-order valence-corrected chi connectivity index (χ4v) is 6.38. The van der Waals surface area contributed by atoms with E-state index in [-0.39, 0.29) is 53.6 Å². The zero-order valence-corrected chi connectivity index (χ0v) is 20.4. The van der Waals surface area contributed by atoms with Gasteiger partial charge in [0.25, 0.3) is 0 Å². The molecule has 0 aromatic carbocycles. The number of aliphatic carboxylic acids is 1. The minimum atomic E-state index is -1.40. The maximum absolute atomic E-state index is 12.5. The van der Waals surface area contributed by atoms with Crippen molar-refractivity contribution < 1.29 is 54.5 Å². The van der Waals surface area contributed by atoms with E-state index in [4.69, 9.17) is 5.73 Å². The average molecular weight is 461 g/mol. The second-order valence-electron chi connectivity index (χ2n) is 7.36. The van der Waals surface area contributed by atoms with Crippen LogP contribution in [0, 0.1) is 11.8 Å². The maximum Gasteiger partial charge on any atom is 1.00 e. The van der Waals surface area contributed by atoms with Crippen LogP contribution in [-0.2, 0) is 9.59 Å². The first-order valence-corrected chi connectivity index (χ1v) is 11.0. The number of carbonyl (C=O) groups excluding carboxylic acids is 2. The van der Waals surface area contributed by atoms with Crippen LogP contribution >= 0.6 is 23.1 Å². The van der Waals surface area contributed by atoms with Crippen molar-refractivity contribution in [2.45, 2.75) is 37.1 Å². The molecule has 4 heterocycles. The van der Waals surface area contributed by atoms with Crippen LogP contribution < -0.4 is 40.4 Å². The van der Waals surface area contributed by atoms with E-state index in [1.165, 1.54) is 28.0 Å². The van der Waals surface area contributed by atoms with Gasteiger partial charge in [0.05, 0.1) is 40.7 Å². The Labute approximate surface area is 203 Å². The number of nitrogens with zero attached hydrogens (tertiary/aromatic N) is 3. The van der Waals surface area contributed by atoms with E-state index in [1.54, 1.807) is 23.8 Å². The standard InChI is InChI=1S/C18H22N4O5S2.Na/c1-7-11(14(18(26)27)22-13(7)12(8(2)23)16(22)25)10-4-21-6-20-15(17(21)29-10)28-5-9(24)3-19;/h4,6-9,12-13,23-24H,3,5,19H2,1-2H3,(H,26,27);/q;+1/p-1/t7-,8+,9+,12+,13+;/m0./s1. The number of imidazole rings is 1. The molecule has 2 aromatic heterocycles. The molecule has 156 valence electrons. The SMILES string of the molecule is C[C@@H](O)[C@H]1C(=O)N2C(C(=O)[O-])=C(c3cn4cnc(SC[C@H](O)CN)c4s3)[C@H](C)[C@H]12.[Na+]. The van der Waals surface area contributed by atoms with Gasteiger partial charge in [-0.15, -0.1) is 23.1 Å². The molecule has 4 rings (SSSR count). The van der Waals surface area contributed by atoms with E-state index >= 15 is 0 Å². The number of hydrogen-bond acceptors (Lipinski definition) is 9. The Hall–Kier alpha value is -0.920. The number of nitrogens with two attached hydrogens (primary N) is 1. The number of amides is 1. The van der Waals surface area contributed by atoms with Gasteiger partial charge in [0, 0.05) is 30.0 Å². The van der Waals surface area contributed by atoms with E-state index in [2.05, 4.69) is 4.98 Å². The van der Waals surface area contributed by atoms with Crippen molar-refractivity contribution in [3.05, 3.63) is 23.1 Å². The van der Waals surface area contributed by atoms with Crippen LogP contribution in [0.5, 0.6) is 0 Å². The first kappa shape index (κ1) is 23.7. The molecule has 0 spiro atoms. The molecule has 5 atom stereocenters. The van der Waals surface area contributed by atoms with Crippen LogP contribution in [0.4, 0.5) is 0 Å². The number of thiazole rings is 1. The summed E-state index contributed by atoms with van der Waals surface area (Å²) in [5.74, 6) is -2.26. The molecule has 0 saturated carbocycles. The fourth-order valence-electron chi connectivity index (χ4n) is 4.13. The molecule has 0 aliphatic carbocycles. The Morgan fingerprint density at radius 1 is 1.47 bits per heavy atom. The fraction of sp³-hybridized carbons (Fsp3) is 0.500. The van der Waals surface area contributed by atoms with Gasteiger partial charge in [-0.25, -0.2) is 4.98 Å². The van der Waals surface area contributed by atoms with Crippen LogP contribution in [0.15, 0.2) is 23.2 Å². The zero-order valence-electron chi connectivity index (χ0n) is 16.8. The number of aromatic nitrogens is 2. The average Bonchev–Trinajstić information content (AvgIpc) is 3.29. The number of aliphatic hydroxyl groups is 2. The molecule has 1 fully saturated rings. The van der Waals surface area contributed by atoms with E-state index < -0.39 is 30.1 Å². The van der Waals surface area contributed by atoms with Crippen molar-refractivity contribution in [3.63, 3.8) is 0 Å². The summed E-state index contributed by atoms with van der Waals surface area (Å²) >= 11 is 2.75.